The molecule has 6 nitrogen and oxygen atoms in total. The monoisotopic (exact) mass is 965 g/mol. The van der Waals surface area contributed by atoms with Crippen LogP contribution in [-0.4, -0.2) is 37.2 Å². The van der Waals surface area contributed by atoms with Crippen molar-refractivity contribution in [2.45, 2.75) is 309 Å². The number of hydrogen-bond donors (Lipinski definition) is 0. The third-order valence-corrected chi connectivity index (χ3v) is 13.0. The van der Waals surface area contributed by atoms with Gasteiger partial charge in [-0.3, -0.25) is 14.4 Å². The van der Waals surface area contributed by atoms with Crippen LogP contribution in [0.1, 0.15) is 303 Å². The fourth-order valence-corrected chi connectivity index (χ4v) is 8.55. The van der Waals surface area contributed by atoms with Gasteiger partial charge in [-0.25, -0.2) is 0 Å². The van der Waals surface area contributed by atoms with Crippen LogP contribution in [0.3, 0.4) is 0 Å². The highest BCUT2D eigenvalue weighted by Crippen LogP contribution is 2.17. The van der Waals surface area contributed by atoms with Gasteiger partial charge in [-0.2, -0.15) is 0 Å². The van der Waals surface area contributed by atoms with Crippen LogP contribution in [0, 0.1) is 0 Å². The zero-order chi connectivity index (χ0) is 50.0. The number of unbranched alkanes of at least 4 members (excludes halogenated alkanes) is 33. The summed E-state index contributed by atoms with van der Waals surface area (Å²) >= 11 is 0. The summed E-state index contributed by atoms with van der Waals surface area (Å²) in [6.45, 7) is 6.46. The second-order valence-corrected chi connectivity index (χ2v) is 19.9. The van der Waals surface area contributed by atoms with E-state index in [-0.39, 0.29) is 31.1 Å². The fraction of sp³-hybridized carbons (Fsp3) is 0.794. The van der Waals surface area contributed by atoms with Gasteiger partial charge in [0.1, 0.15) is 13.2 Å². The van der Waals surface area contributed by atoms with Crippen LogP contribution in [0.25, 0.3) is 0 Å². The Bertz CT molecular complexity index is 1250. The van der Waals surface area contributed by atoms with E-state index in [0.717, 1.165) is 89.9 Å². The summed E-state index contributed by atoms with van der Waals surface area (Å²) in [6, 6.07) is 0. The van der Waals surface area contributed by atoms with Gasteiger partial charge in [0.2, 0.25) is 0 Å². The Hall–Kier alpha value is -2.89. The van der Waals surface area contributed by atoms with E-state index in [1.54, 1.807) is 0 Å². The van der Waals surface area contributed by atoms with E-state index in [9.17, 15) is 14.4 Å². The maximum absolute atomic E-state index is 12.7. The minimum Gasteiger partial charge on any atom is -0.462 e. The average Bonchev–Trinajstić information content (AvgIpc) is 3.35. The molecule has 0 aliphatic carbocycles. The molecule has 0 saturated carbocycles. The van der Waals surface area contributed by atoms with Crippen LogP contribution < -0.4 is 0 Å². The Balaban J connectivity index is 3.91. The molecule has 0 aliphatic heterocycles. The molecule has 0 aliphatic rings. The van der Waals surface area contributed by atoms with Gasteiger partial charge >= 0.3 is 17.9 Å². The first-order valence-corrected chi connectivity index (χ1v) is 29.8. The van der Waals surface area contributed by atoms with Gasteiger partial charge in [0.05, 0.1) is 0 Å². The molecule has 1 unspecified atom stereocenters. The molecule has 0 aromatic carbocycles. The lowest BCUT2D eigenvalue weighted by molar-refractivity contribution is -0.167. The lowest BCUT2D eigenvalue weighted by Crippen LogP contribution is -2.30. The van der Waals surface area contributed by atoms with Crippen LogP contribution in [0.4, 0.5) is 0 Å². The Morgan fingerprint density at radius 3 is 0.928 bits per heavy atom. The molecule has 0 amide bonds. The van der Waals surface area contributed by atoms with Gasteiger partial charge in [-0.1, -0.05) is 261 Å². The topological polar surface area (TPSA) is 78.9 Å². The average molecular weight is 966 g/mol. The molecule has 0 N–H and O–H groups in total. The largest absolute Gasteiger partial charge is 0.462 e. The molecule has 0 aromatic heterocycles. The second-order valence-electron chi connectivity index (χ2n) is 19.9. The van der Waals surface area contributed by atoms with Gasteiger partial charge in [0.15, 0.2) is 6.10 Å². The molecule has 1 atom stereocenters. The van der Waals surface area contributed by atoms with E-state index in [1.165, 1.54) is 173 Å². The number of ether oxygens (including phenoxy) is 3. The van der Waals surface area contributed by atoms with Crippen molar-refractivity contribution in [1.82, 2.24) is 0 Å². The fourth-order valence-electron chi connectivity index (χ4n) is 8.55. The summed E-state index contributed by atoms with van der Waals surface area (Å²) in [6.07, 6.45) is 72.8. The predicted molar refractivity (Wildman–Crippen MR) is 298 cm³/mol. The molecule has 69 heavy (non-hydrogen) atoms. The Morgan fingerprint density at radius 1 is 0.304 bits per heavy atom. The molecule has 400 valence electrons. The minimum absolute atomic E-state index is 0.0733. The van der Waals surface area contributed by atoms with Gasteiger partial charge in [-0.05, 0) is 83.5 Å². The molecule has 0 aromatic rings. The number of hydrogen-bond acceptors (Lipinski definition) is 6. The molecule has 0 saturated heterocycles. The van der Waals surface area contributed by atoms with Gasteiger partial charge in [0, 0.05) is 19.3 Å². The highest BCUT2D eigenvalue weighted by molar-refractivity contribution is 5.71. The molecule has 0 fully saturated rings. The van der Waals surface area contributed by atoms with E-state index in [0.29, 0.717) is 19.3 Å². The van der Waals surface area contributed by atoms with Gasteiger partial charge < -0.3 is 14.2 Å². The molecule has 0 bridgehead atoms. The molecule has 0 rings (SSSR count). The van der Waals surface area contributed by atoms with Crippen LogP contribution >= 0.6 is 0 Å². The zero-order valence-corrected chi connectivity index (χ0v) is 45.8. The number of rotatable bonds is 54. The van der Waals surface area contributed by atoms with Crippen molar-refractivity contribution < 1.29 is 28.6 Å². The van der Waals surface area contributed by atoms with Gasteiger partial charge in [-0.15, -0.1) is 0 Å². The van der Waals surface area contributed by atoms with Crippen molar-refractivity contribution in [3.8, 4) is 0 Å². The first kappa shape index (κ1) is 66.1. The smallest absolute Gasteiger partial charge is 0.306 e. The lowest BCUT2D eigenvalue weighted by Gasteiger charge is -2.18. The van der Waals surface area contributed by atoms with Crippen LogP contribution in [-0.2, 0) is 28.6 Å². The number of carbonyl (C=O) groups is 3. The molecular weight excluding hydrogens is 853 g/mol. The van der Waals surface area contributed by atoms with Crippen molar-refractivity contribution >= 4 is 17.9 Å². The maximum atomic E-state index is 12.7. The molecule has 0 spiro atoms. The maximum Gasteiger partial charge on any atom is 0.306 e. The van der Waals surface area contributed by atoms with Crippen LogP contribution in [0.5, 0.6) is 0 Å². The van der Waals surface area contributed by atoms with Crippen molar-refractivity contribution in [3.05, 3.63) is 60.8 Å². The quantitative estimate of drug-likeness (QED) is 0.0262. The Morgan fingerprint density at radius 2 is 0.565 bits per heavy atom. The summed E-state index contributed by atoms with van der Waals surface area (Å²) in [4.78, 5) is 37.8. The highest BCUT2D eigenvalue weighted by Gasteiger charge is 2.19. The van der Waals surface area contributed by atoms with Crippen molar-refractivity contribution in [3.63, 3.8) is 0 Å². The number of esters is 3. The van der Waals surface area contributed by atoms with Crippen molar-refractivity contribution in [2.75, 3.05) is 13.2 Å². The van der Waals surface area contributed by atoms with Gasteiger partial charge in [0.25, 0.3) is 0 Å². The van der Waals surface area contributed by atoms with Crippen molar-refractivity contribution in [1.29, 1.82) is 0 Å². The first-order chi connectivity index (χ1) is 34.0. The summed E-state index contributed by atoms with van der Waals surface area (Å²) < 4.78 is 16.7. The summed E-state index contributed by atoms with van der Waals surface area (Å²) in [7, 11) is 0. The third kappa shape index (κ3) is 55.9. The third-order valence-electron chi connectivity index (χ3n) is 13.0. The van der Waals surface area contributed by atoms with Crippen LogP contribution in [0.15, 0.2) is 60.8 Å². The van der Waals surface area contributed by atoms with E-state index >= 15 is 0 Å². The van der Waals surface area contributed by atoms with E-state index in [1.807, 2.05) is 0 Å². The standard InChI is InChI=1S/C63H112O6/c1-4-7-10-13-16-18-20-22-23-24-25-26-27-28-29-30-31-32-33-34-35-36-37-38-39-40-41-42-44-45-47-50-53-56-62(65)68-59-60(58-67-61(64)55-52-49-15-12-9-6-3)69-63(66)57-54-51-48-46-43-21-19-17-14-11-8-5-2/h7,10,16-19,22-23,25-26,60H,4-6,8-9,11-15,20-21,24,27-59H2,1-3H3/b10-7-,18-16-,19-17-,23-22-,26-25-. The summed E-state index contributed by atoms with van der Waals surface area (Å²) in [5.41, 5.74) is 0. The van der Waals surface area contributed by atoms with E-state index in [2.05, 4.69) is 81.5 Å². The van der Waals surface area contributed by atoms with E-state index in [4.69, 9.17) is 14.2 Å². The minimum atomic E-state index is -0.771. The second kappa shape index (κ2) is 57.7. The zero-order valence-electron chi connectivity index (χ0n) is 45.8. The summed E-state index contributed by atoms with van der Waals surface area (Å²) in [5, 5.41) is 0. The SMILES string of the molecule is CC/C=C\C/C=C\C/C=C\C/C=C\CCCCCCCCCCCCCCCCCCCCCCC(=O)OCC(COC(=O)CCCCCCCC)OC(=O)CCCCCCC/C=C\CCCCC. The highest BCUT2D eigenvalue weighted by atomic mass is 16.6. The molecular formula is C63H112O6. The van der Waals surface area contributed by atoms with E-state index < -0.39 is 6.10 Å². The lowest BCUT2D eigenvalue weighted by atomic mass is 10.0. The van der Waals surface area contributed by atoms with Crippen LogP contribution in [0.2, 0.25) is 0 Å². The van der Waals surface area contributed by atoms with Crippen molar-refractivity contribution in [2.24, 2.45) is 0 Å². The Labute approximate surface area is 428 Å². The predicted octanol–water partition coefficient (Wildman–Crippen LogP) is 20.0. The molecule has 6 heteroatoms. The number of carbonyl (C=O) groups excluding carboxylic acids is 3. The Kier molecular flexibility index (Phi) is 55.3. The summed E-state index contributed by atoms with van der Waals surface area (Å²) in [5.74, 6) is -0.882. The normalized spacial score (nSPS) is 12.4. The number of allylic oxidation sites excluding steroid dienone is 10. The molecule has 0 radical (unpaired) electrons. The first-order valence-electron chi connectivity index (χ1n) is 29.8. The molecule has 0 heterocycles.